The van der Waals surface area contributed by atoms with Crippen molar-refractivity contribution in [1.29, 1.82) is 0 Å². The molecule has 16 heavy (non-hydrogen) atoms. The molecule has 0 aromatic carbocycles. The van der Waals surface area contributed by atoms with Gasteiger partial charge >= 0.3 is 0 Å². The molecule has 0 N–H and O–H groups in total. The Hall–Kier alpha value is -0.480. The summed E-state index contributed by atoms with van der Waals surface area (Å²) >= 11 is 7.90. The van der Waals surface area contributed by atoms with Crippen LogP contribution in [0.1, 0.15) is 20.3 Å². The van der Waals surface area contributed by atoms with Gasteiger partial charge in [-0.2, -0.15) is 11.8 Å². The van der Waals surface area contributed by atoms with Gasteiger partial charge in [-0.15, -0.1) is 0 Å². The van der Waals surface area contributed by atoms with Gasteiger partial charge in [-0.3, -0.25) is 0 Å². The summed E-state index contributed by atoms with van der Waals surface area (Å²) in [6.45, 7) is 6.66. The number of halogens is 1. The maximum atomic E-state index is 5.88. The minimum atomic E-state index is 0.367. The summed E-state index contributed by atoms with van der Waals surface area (Å²) in [7, 11) is 0. The molecule has 0 spiro atoms. The van der Waals surface area contributed by atoms with Crippen molar-refractivity contribution in [2.45, 2.75) is 25.0 Å². The smallest absolute Gasteiger partial charge is 0.134 e. The molecule has 3 nitrogen and oxygen atoms in total. The van der Waals surface area contributed by atoms with Crippen LogP contribution >= 0.6 is 23.4 Å². The van der Waals surface area contributed by atoms with Gasteiger partial charge in [0.2, 0.25) is 0 Å². The normalized spacial score (nSPS) is 20.6. The van der Waals surface area contributed by atoms with Crippen LogP contribution in [0.15, 0.2) is 12.4 Å². The van der Waals surface area contributed by atoms with Gasteiger partial charge in [0.15, 0.2) is 0 Å². The van der Waals surface area contributed by atoms with E-state index in [2.05, 4.69) is 28.7 Å². The lowest BCUT2D eigenvalue weighted by molar-refractivity contribution is 0.635. The van der Waals surface area contributed by atoms with Crippen molar-refractivity contribution in [2.75, 3.05) is 23.7 Å². The van der Waals surface area contributed by atoms with Crippen molar-refractivity contribution in [2.24, 2.45) is 0 Å². The largest absolute Gasteiger partial charge is 0.356 e. The van der Waals surface area contributed by atoms with Gasteiger partial charge in [-0.1, -0.05) is 25.4 Å². The van der Waals surface area contributed by atoms with Crippen molar-refractivity contribution in [3.05, 3.63) is 17.5 Å². The molecule has 0 unspecified atom stereocenters. The number of hydrogen-bond acceptors (Lipinski definition) is 4. The van der Waals surface area contributed by atoms with Crippen LogP contribution in [0, 0.1) is 0 Å². The van der Waals surface area contributed by atoms with E-state index in [4.69, 9.17) is 11.6 Å². The zero-order chi connectivity index (χ0) is 11.6. The van der Waals surface area contributed by atoms with E-state index < -0.39 is 0 Å². The highest BCUT2D eigenvalue weighted by atomic mass is 35.5. The molecule has 0 amide bonds. The van der Waals surface area contributed by atoms with E-state index in [0.29, 0.717) is 9.90 Å². The summed E-state index contributed by atoms with van der Waals surface area (Å²) in [6, 6.07) is 1.84. The SMILES string of the molecule is CC1(C)CCN(c2cc(Cl)ncn2)CCS1. The van der Waals surface area contributed by atoms with E-state index in [1.807, 2.05) is 17.8 Å². The van der Waals surface area contributed by atoms with Crippen LogP contribution in [0.4, 0.5) is 5.82 Å². The molecule has 0 radical (unpaired) electrons. The molecule has 1 fully saturated rings. The Morgan fingerprint density at radius 2 is 2.19 bits per heavy atom. The third-order valence-corrected chi connectivity index (χ3v) is 4.36. The van der Waals surface area contributed by atoms with Gasteiger partial charge in [0, 0.05) is 29.7 Å². The lowest BCUT2D eigenvalue weighted by atomic mass is 10.1. The summed E-state index contributed by atoms with van der Waals surface area (Å²) in [5, 5.41) is 0.515. The molecule has 2 heterocycles. The fourth-order valence-corrected chi connectivity index (χ4v) is 2.99. The number of hydrogen-bond donors (Lipinski definition) is 0. The molecule has 0 aliphatic carbocycles. The molecule has 0 bridgehead atoms. The van der Waals surface area contributed by atoms with Gasteiger partial charge < -0.3 is 4.90 Å². The molecule has 1 saturated heterocycles. The van der Waals surface area contributed by atoms with Crippen LogP contribution in [0.3, 0.4) is 0 Å². The van der Waals surface area contributed by atoms with E-state index in [1.54, 1.807) is 0 Å². The molecule has 0 atom stereocenters. The molecule has 2 rings (SSSR count). The van der Waals surface area contributed by atoms with Crippen molar-refractivity contribution >= 4 is 29.2 Å². The first-order chi connectivity index (χ1) is 7.57. The number of rotatable bonds is 1. The highest BCUT2D eigenvalue weighted by Crippen LogP contribution is 2.31. The lowest BCUT2D eigenvalue weighted by Gasteiger charge is -2.23. The first-order valence-corrected chi connectivity index (χ1v) is 6.80. The summed E-state index contributed by atoms with van der Waals surface area (Å²) in [4.78, 5) is 10.5. The first kappa shape index (κ1) is 12.0. The van der Waals surface area contributed by atoms with Gasteiger partial charge in [0.1, 0.15) is 17.3 Å². The third-order valence-electron chi connectivity index (χ3n) is 2.78. The summed E-state index contributed by atoms with van der Waals surface area (Å²) in [6.07, 6.45) is 2.69. The highest BCUT2D eigenvalue weighted by Gasteiger charge is 2.24. The third kappa shape index (κ3) is 3.01. The Balaban J connectivity index is 2.11. The Labute approximate surface area is 106 Å². The second-order valence-corrected chi connectivity index (χ2v) is 6.73. The number of aromatic nitrogens is 2. The Morgan fingerprint density at radius 3 is 2.94 bits per heavy atom. The van der Waals surface area contributed by atoms with E-state index in [9.17, 15) is 0 Å². The van der Waals surface area contributed by atoms with Crippen molar-refractivity contribution in [3.63, 3.8) is 0 Å². The van der Waals surface area contributed by atoms with E-state index >= 15 is 0 Å². The van der Waals surface area contributed by atoms with Crippen LogP contribution < -0.4 is 4.90 Å². The highest BCUT2D eigenvalue weighted by molar-refractivity contribution is 8.00. The maximum absolute atomic E-state index is 5.88. The standard InChI is InChI=1S/C11H16ClN3S/c1-11(2)3-4-15(5-6-16-11)10-7-9(12)13-8-14-10/h7-8H,3-6H2,1-2H3. The van der Waals surface area contributed by atoms with Crippen molar-refractivity contribution < 1.29 is 0 Å². The van der Waals surface area contributed by atoms with Gasteiger partial charge in [0.25, 0.3) is 0 Å². The van der Waals surface area contributed by atoms with E-state index in [1.165, 1.54) is 12.7 Å². The van der Waals surface area contributed by atoms with Gasteiger partial charge in [0.05, 0.1) is 0 Å². The monoisotopic (exact) mass is 257 g/mol. The molecule has 1 aliphatic heterocycles. The van der Waals surface area contributed by atoms with E-state index in [0.717, 1.165) is 24.7 Å². The molecule has 0 saturated carbocycles. The van der Waals surface area contributed by atoms with Crippen LogP contribution in [0.5, 0.6) is 0 Å². The van der Waals surface area contributed by atoms with E-state index in [-0.39, 0.29) is 0 Å². The number of thioether (sulfide) groups is 1. The minimum absolute atomic E-state index is 0.367. The fraction of sp³-hybridized carbons (Fsp3) is 0.636. The fourth-order valence-electron chi connectivity index (χ4n) is 1.75. The summed E-state index contributed by atoms with van der Waals surface area (Å²) in [5.74, 6) is 2.08. The second kappa shape index (κ2) is 4.80. The molecule has 1 aromatic rings. The van der Waals surface area contributed by atoms with Crippen molar-refractivity contribution in [3.8, 4) is 0 Å². The van der Waals surface area contributed by atoms with Crippen LogP contribution in [0.2, 0.25) is 5.15 Å². The van der Waals surface area contributed by atoms with Gasteiger partial charge in [-0.25, -0.2) is 9.97 Å². The Morgan fingerprint density at radius 1 is 1.38 bits per heavy atom. The zero-order valence-corrected chi connectivity index (χ0v) is 11.2. The van der Waals surface area contributed by atoms with Crippen LogP contribution in [0.25, 0.3) is 0 Å². The molecule has 1 aliphatic rings. The first-order valence-electron chi connectivity index (χ1n) is 5.43. The van der Waals surface area contributed by atoms with Crippen LogP contribution in [-0.4, -0.2) is 33.6 Å². The second-order valence-electron chi connectivity index (χ2n) is 4.54. The zero-order valence-electron chi connectivity index (χ0n) is 9.61. The van der Waals surface area contributed by atoms with Crippen LogP contribution in [-0.2, 0) is 0 Å². The predicted molar refractivity (Wildman–Crippen MR) is 70.4 cm³/mol. The Kier molecular flexibility index (Phi) is 3.60. The average molecular weight is 258 g/mol. The summed E-state index contributed by atoms with van der Waals surface area (Å²) in [5.41, 5.74) is 0. The van der Waals surface area contributed by atoms with Crippen molar-refractivity contribution in [1.82, 2.24) is 9.97 Å². The average Bonchev–Trinajstić information content (AvgIpc) is 2.39. The molecular weight excluding hydrogens is 242 g/mol. The molecule has 88 valence electrons. The number of nitrogens with zero attached hydrogens (tertiary/aromatic N) is 3. The van der Waals surface area contributed by atoms with Gasteiger partial charge in [-0.05, 0) is 6.42 Å². The molecular formula is C11H16ClN3S. The topological polar surface area (TPSA) is 29.0 Å². The maximum Gasteiger partial charge on any atom is 0.134 e. The Bertz CT molecular complexity index is 370. The predicted octanol–water partition coefficient (Wildman–Crippen LogP) is 2.85. The molecule has 1 aromatic heterocycles. The lowest BCUT2D eigenvalue weighted by Crippen LogP contribution is -2.27. The number of anilines is 1. The minimum Gasteiger partial charge on any atom is -0.356 e. The quantitative estimate of drug-likeness (QED) is 0.724. The summed E-state index contributed by atoms with van der Waals surface area (Å²) < 4.78 is 0.367. The molecule has 5 heteroatoms.